The Morgan fingerprint density at radius 1 is 1.11 bits per heavy atom. The molecule has 19 heavy (non-hydrogen) atoms. The van der Waals surface area contributed by atoms with E-state index in [9.17, 15) is 4.79 Å². The molecule has 0 N–H and O–H groups in total. The van der Waals surface area contributed by atoms with Gasteiger partial charge < -0.3 is 0 Å². The molecule has 0 radical (unpaired) electrons. The predicted octanol–water partition coefficient (Wildman–Crippen LogP) is 4.14. The molecular weight excluding hydrogens is 256 g/mol. The number of hydrogen-bond acceptors (Lipinski definition) is 1. The van der Waals surface area contributed by atoms with Gasteiger partial charge in [0.05, 0.1) is 5.02 Å². The molecule has 0 saturated heterocycles. The highest BCUT2D eigenvalue weighted by molar-refractivity contribution is 6.35. The number of ketones is 1. The number of Topliss-reactive ketones (excluding diaryl/α,β-unsaturated/α-hetero) is 1. The summed E-state index contributed by atoms with van der Waals surface area (Å²) in [5.41, 5.74) is 2.53. The molecule has 0 fully saturated rings. The van der Waals surface area contributed by atoms with Crippen LogP contribution in [0.5, 0.6) is 0 Å². The second kappa shape index (κ2) is 6.22. The van der Waals surface area contributed by atoms with Crippen molar-refractivity contribution >= 4 is 17.4 Å². The lowest BCUT2D eigenvalue weighted by atomic mass is 10.1. The van der Waals surface area contributed by atoms with Crippen molar-refractivity contribution in [1.29, 1.82) is 0 Å². The van der Waals surface area contributed by atoms with E-state index in [0.29, 0.717) is 10.6 Å². The first-order chi connectivity index (χ1) is 9.20. The van der Waals surface area contributed by atoms with Crippen LogP contribution in [0.25, 0.3) is 0 Å². The van der Waals surface area contributed by atoms with E-state index >= 15 is 0 Å². The minimum absolute atomic E-state index is 0.259. The van der Waals surface area contributed by atoms with Crippen LogP contribution in [0.3, 0.4) is 0 Å². The Morgan fingerprint density at radius 2 is 1.79 bits per heavy atom. The van der Waals surface area contributed by atoms with E-state index < -0.39 is 0 Å². The van der Waals surface area contributed by atoms with E-state index in [2.05, 4.69) is 18.8 Å². The van der Waals surface area contributed by atoms with Gasteiger partial charge in [0.15, 0.2) is 0 Å². The third-order valence-electron chi connectivity index (χ3n) is 2.80. The van der Waals surface area contributed by atoms with Crippen LogP contribution in [-0.2, 0) is 6.42 Å². The van der Waals surface area contributed by atoms with Crippen molar-refractivity contribution in [1.82, 2.24) is 0 Å². The number of carbonyl (C=O) groups excluding carboxylic acids is 1. The Kier molecular flexibility index (Phi) is 4.39. The van der Waals surface area contributed by atoms with Gasteiger partial charge in [0, 0.05) is 11.1 Å². The second-order valence-corrected chi connectivity index (χ2v) is 4.52. The molecule has 0 aliphatic carbocycles. The van der Waals surface area contributed by atoms with E-state index in [0.717, 1.165) is 12.0 Å². The van der Waals surface area contributed by atoms with Crippen LogP contribution in [0.4, 0.5) is 0 Å². The number of halogens is 1. The highest BCUT2D eigenvalue weighted by atomic mass is 35.5. The molecule has 0 heterocycles. The van der Waals surface area contributed by atoms with Crippen LogP contribution in [0.2, 0.25) is 5.02 Å². The predicted molar refractivity (Wildman–Crippen MR) is 78.5 cm³/mol. The van der Waals surface area contributed by atoms with Crippen molar-refractivity contribution in [2.75, 3.05) is 0 Å². The van der Waals surface area contributed by atoms with Gasteiger partial charge in [-0.1, -0.05) is 48.7 Å². The van der Waals surface area contributed by atoms with Gasteiger partial charge in [-0.05, 0) is 42.2 Å². The Bertz CT molecular complexity index is 645. The normalized spacial score (nSPS) is 9.58. The van der Waals surface area contributed by atoms with Crippen LogP contribution >= 0.6 is 11.6 Å². The van der Waals surface area contributed by atoms with Crippen LogP contribution in [0, 0.1) is 11.8 Å². The van der Waals surface area contributed by atoms with Crippen molar-refractivity contribution in [3.05, 3.63) is 70.2 Å². The molecule has 1 nitrogen and oxygen atoms in total. The van der Waals surface area contributed by atoms with Crippen molar-refractivity contribution < 1.29 is 4.79 Å². The quantitative estimate of drug-likeness (QED) is 0.591. The fourth-order valence-electron chi connectivity index (χ4n) is 1.67. The van der Waals surface area contributed by atoms with Gasteiger partial charge in [-0.15, -0.1) is 0 Å². The molecule has 0 aromatic heterocycles. The first-order valence-electron chi connectivity index (χ1n) is 6.10. The first kappa shape index (κ1) is 13.4. The van der Waals surface area contributed by atoms with Crippen molar-refractivity contribution in [2.45, 2.75) is 13.3 Å². The van der Waals surface area contributed by atoms with E-state index in [4.69, 9.17) is 11.6 Å². The average Bonchev–Trinajstić information content (AvgIpc) is 2.46. The third-order valence-corrected chi connectivity index (χ3v) is 3.13. The topological polar surface area (TPSA) is 17.1 Å². The summed E-state index contributed by atoms with van der Waals surface area (Å²) < 4.78 is 0. The smallest absolute Gasteiger partial charge is 0.237 e. The SMILES string of the molecule is CCc1ccc(C#CC(=O)c2ccccc2Cl)cc1. The molecule has 94 valence electrons. The van der Waals surface area contributed by atoms with E-state index in [1.807, 2.05) is 24.3 Å². The highest BCUT2D eigenvalue weighted by Gasteiger charge is 2.05. The molecule has 0 saturated carbocycles. The van der Waals surface area contributed by atoms with Gasteiger partial charge in [0.25, 0.3) is 0 Å². The van der Waals surface area contributed by atoms with E-state index in [1.54, 1.807) is 24.3 Å². The van der Waals surface area contributed by atoms with E-state index in [1.165, 1.54) is 5.56 Å². The van der Waals surface area contributed by atoms with Crippen LogP contribution < -0.4 is 0 Å². The van der Waals surface area contributed by atoms with E-state index in [-0.39, 0.29) is 5.78 Å². The minimum Gasteiger partial charge on any atom is -0.279 e. The fraction of sp³-hybridized carbons (Fsp3) is 0.118. The van der Waals surface area contributed by atoms with Crippen LogP contribution in [0.1, 0.15) is 28.4 Å². The van der Waals surface area contributed by atoms with Gasteiger partial charge in [0.1, 0.15) is 0 Å². The summed E-state index contributed by atoms with van der Waals surface area (Å²) in [4.78, 5) is 11.9. The Morgan fingerprint density at radius 3 is 2.42 bits per heavy atom. The molecule has 2 heteroatoms. The molecule has 0 aliphatic heterocycles. The van der Waals surface area contributed by atoms with Crippen molar-refractivity contribution in [3.63, 3.8) is 0 Å². The fourth-order valence-corrected chi connectivity index (χ4v) is 1.89. The van der Waals surface area contributed by atoms with Gasteiger partial charge in [-0.3, -0.25) is 4.79 Å². The summed E-state index contributed by atoms with van der Waals surface area (Å²) in [5, 5.41) is 0.433. The van der Waals surface area contributed by atoms with Crippen LogP contribution in [0.15, 0.2) is 48.5 Å². The minimum atomic E-state index is -0.259. The second-order valence-electron chi connectivity index (χ2n) is 4.11. The van der Waals surface area contributed by atoms with Gasteiger partial charge in [0.2, 0.25) is 5.78 Å². The molecule has 0 spiro atoms. The number of hydrogen-bond donors (Lipinski definition) is 0. The molecule has 2 aromatic rings. The number of carbonyl (C=O) groups is 1. The number of aryl methyl sites for hydroxylation is 1. The monoisotopic (exact) mass is 268 g/mol. The summed E-state index contributed by atoms with van der Waals surface area (Å²) in [5.74, 6) is 5.22. The van der Waals surface area contributed by atoms with Gasteiger partial charge in [-0.2, -0.15) is 0 Å². The lowest BCUT2D eigenvalue weighted by molar-refractivity contribution is 0.105. The lowest BCUT2D eigenvalue weighted by Crippen LogP contribution is -1.95. The summed E-state index contributed by atoms with van der Waals surface area (Å²) in [7, 11) is 0. The summed E-state index contributed by atoms with van der Waals surface area (Å²) in [6, 6.07) is 14.8. The molecule has 0 aliphatic rings. The summed E-state index contributed by atoms with van der Waals surface area (Å²) in [6.07, 6.45) is 0.992. The zero-order valence-electron chi connectivity index (χ0n) is 10.6. The number of benzene rings is 2. The molecule has 0 amide bonds. The lowest BCUT2D eigenvalue weighted by Gasteiger charge is -1.97. The maximum atomic E-state index is 11.9. The maximum Gasteiger partial charge on any atom is 0.237 e. The molecule has 2 aromatic carbocycles. The number of rotatable bonds is 2. The Labute approximate surface area is 118 Å². The molecule has 0 unspecified atom stereocenters. The van der Waals surface area contributed by atoms with Gasteiger partial charge in [-0.25, -0.2) is 0 Å². The maximum absolute atomic E-state index is 11.9. The third kappa shape index (κ3) is 3.47. The standard InChI is InChI=1S/C17H13ClO/c1-2-13-7-9-14(10-8-13)11-12-17(19)15-5-3-4-6-16(15)18/h3-10H,2H2,1H3. The molecule has 0 bridgehead atoms. The molecule has 2 rings (SSSR count). The largest absolute Gasteiger partial charge is 0.279 e. The zero-order chi connectivity index (χ0) is 13.7. The highest BCUT2D eigenvalue weighted by Crippen LogP contribution is 2.15. The Balaban J connectivity index is 2.19. The first-order valence-corrected chi connectivity index (χ1v) is 6.48. The molecular formula is C17H13ClO. The summed E-state index contributed by atoms with van der Waals surface area (Å²) in [6.45, 7) is 2.10. The Hall–Kier alpha value is -2.04. The molecule has 0 atom stereocenters. The summed E-state index contributed by atoms with van der Waals surface area (Å²) >= 11 is 5.95. The van der Waals surface area contributed by atoms with Gasteiger partial charge >= 0.3 is 0 Å². The van der Waals surface area contributed by atoms with Crippen molar-refractivity contribution in [2.24, 2.45) is 0 Å². The average molecular weight is 269 g/mol. The zero-order valence-corrected chi connectivity index (χ0v) is 11.4. The van der Waals surface area contributed by atoms with Crippen molar-refractivity contribution in [3.8, 4) is 11.8 Å². The van der Waals surface area contributed by atoms with Crippen LogP contribution in [-0.4, -0.2) is 5.78 Å².